The minimum absolute atomic E-state index is 0.0261. The third kappa shape index (κ3) is 7.41. The van der Waals surface area contributed by atoms with Crippen LogP contribution in [0.15, 0.2) is 0 Å². The molecule has 2 unspecified atom stereocenters. The Labute approximate surface area is 154 Å². The molecule has 0 aromatic rings. The van der Waals surface area contributed by atoms with Crippen LogP contribution in [0.5, 0.6) is 0 Å². The lowest BCUT2D eigenvalue weighted by Crippen LogP contribution is -2.47. The number of esters is 2. The minimum Gasteiger partial charge on any atom is -0.467 e. The van der Waals surface area contributed by atoms with E-state index in [1.807, 2.05) is 13.8 Å². The highest BCUT2D eigenvalue weighted by atomic mass is 16.5. The van der Waals surface area contributed by atoms with Crippen molar-refractivity contribution in [3.8, 4) is 0 Å². The molecule has 1 aliphatic rings. The smallest absolute Gasteiger partial charge is 0.329 e. The number of hydrogen-bond donors (Lipinski definition) is 2. The zero-order chi connectivity index (χ0) is 19.7. The number of methoxy groups -OCH3 is 1. The number of amides is 2. The first-order valence-corrected chi connectivity index (χ1v) is 9.05. The van der Waals surface area contributed by atoms with Gasteiger partial charge >= 0.3 is 11.9 Å². The molecule has 1 rings (SSSR count). The fraction of sp³-hybridized carbons (Fsp3) is 0.778. The molecule has 1 saturated carbocycles. The first-order valence-electron chi connectivity index (χ1n) is 9.05. The molecule has 0 saturated heterocycles. The van der Waals surface area contributed by atoms with Gasteiger partial charge in [0.2, 0.25) is 5.91 Å². The summed E-state index contributed by atoms with van der Waals surface area (Å²) in [5, 5.41) is 5.15. The molecule has 0 spiro atoms. The Hall–Kier alpha value is -2.12. The maximum Gasteiger partial charge on any atom is 0.329 e. The second-order valence-electron chi connectivity index (χ2n) is 7.10. The van der Waals surface area contributed by atoms with E-state index >= 15 is 0 Å². The highest BCUT2D eigenvalue weighted by molar-refractivity contribution is 5.88. The first kappa shape index (κ1) is 21.9. The molecular formula is C18H30N2O6. The molecule has 0 aromatic heterocycles. The fourth-order valence-corrected chi connectivity index (χ4v) is 3.17. The van der Waals surface area contributed by atoms with E-state index in [9.17, 15) is 19.2 Å². The van der Waals surface area contributed by atoms with Gasteiger partial charge < -0.3 is 20.1 Å². The summed E-state index contributed by atoms with van der Waals surface area (Å²) in [5.41, 5.74) is 0. The van der Waals surface area contributed by atoms with Gasteiger partial charge in [0.15, 0.2) is 6.61 Å². The maximum atomic E-state index is 12.3. The predicted octanol–water partition coefficient (Wildman–Crippen LogP) is 0.928. The number of carbonyl (C=O) groups excluding carboxylic acids is 4. The highest BCUT2D eigenvalue weighted by Crippen LogP contribution is 2.28. The average Bonchev–Trinajstić information content (AvgIpc) is 3.09. The minimum atomic E-state index is -0.785. The van der Waals surface area contributed by atoms with E-state index in [-0.39, 0.29) is 17.7 Å². The van der Waals surface area contributed by atoms with Crippen LogP contribution in [0.1, 0.15) is 52.9 Å². The van der Waals surface area contributed by atoms with E-state index in [2.05, 4.69) is 15.4 Å². The molecule has 2 amide bonds. The Balaban J connectivity index is 2.57. The van der Waals surface area contributed by atoms with Gasteiger partial charge in [-0.25, -0.2) is 9.59 Å². The molecule has 0 heterocycles. The average molecular weight is 370 g/mol. The standard InChI is InChI=1S/C18H30N2O6/c1-11(2)9-14(17(23)25-4)20-15(22)10-26-18(24)16(19-12(3)21)13-7-5-6-8-13/h11,13-14,16H,5-10H2,1-4H3,(H,19,21)(H,20,22). The summed E-state index contributed by atoms with van der Waals surface area (Å²) in [6, 6.07) is -1.53. The Kier molecular flexibility index (Phi) is 9.09. The van der Waals surface area contributed by atoms with Gasteiger partial charge in [0.1, 0.15) is 12.1 Å². The number of ether oxygens (including phenoxy) is 2. The number of rotatable bonds is 9. The largest absolute Gasteiger partial charge is 0.467 e. The number of carbonyl (C=O) groups is 4. The van der Waals surface area contributed by atoms with Gasteiger partial charge in [-0.2, -0.15) is 0 Å². The molecule has 0 aliphatic heterocycles. The zero-order valence-corrected chi connectivity index (χ0v) is 16.0. The van der Waals surface area contributed by atoms with E-state index in [0.717, 1.165) is 25.7 Å². The van der Waals surface area contributed by atoms with E-state index < -0.39 is 36.5 Å². The highest BCUT2D eigenvalue weighted by Gasteiger charge is 2.33. The molecule has 0 aromatic carbocycles. The molecule has 148 valence electrons. The Bertz CT molecular complexity index is 514. The molecule has 8 heteroatoms. The van der Waals surface area contributed by atoms with Crippen molar-refractivity contribution in [1.29, 1.82) is 0 Å². The van der Waals surface area contributed by atoms with Crippen molar-refractivity contribution in [3.63, 3.8) is 0 Å². The van der Waals surface area contributed by atoms with Crippen LogP contribution in [0.2, 0.25) is 0 Å². The van der Waals surface area contributed by atoms with E-state index in [4.69, 9.17) is 4.74 Å². The molecule has 26 heavy (non-hydrogen) atoms. The predicted molar refractivity (Wildman–Crippen MR) is 93.9 cm³/mol. The monoisotopic (exact) mass is 370 g/mol. The maximum absolute atomic E-state index is 12.3. The summed E-state index contributed by atoms with van der Waals surface area (Å²) in [5.74, 6) is -1.86. The van der Waals surface area contributed by atoms with Crippen molar-refractivity contribution < 1.29 is 28.7 Å². The zero-order valence-electron chi connectivity index (χ0n) is 16.0. The Morgan fingerprint density at radius 1 is 1.04 bits per heavy atom. The second-order valence-corrected chi connectivity index (χ2v) is 7.10. The van der Waals surface area contributed by atoms with E-state index in [0.29, 0.717) is 6.42 Å². The summed E-state index contributed by atoms with van der Waals surface area (Å²) < 4.78 is 9.76. The van der Waals surface area contributed by atoms with Gasteiger partial charge in [-0.05, 0) is 31.1 Å². The van der Waals surface area contributed by atoms with Gasteiger partial charge in [-0.1, -0.05) is 26.7 Å². The summed E-state index contributed by atoms with van der Waals surface area (Å²) in [6.07, 6.45) is 4.11. The van der Waals surface area contributed by atoms with Gasteiger partial charge in [0, 0.05) is 6.92 Å². The van der Waals surface area contributed by atoms with Crippen LogP contribution >= 0.6 is 0 Å². The molecule has 1 aliphatic carbocycles. The van der Waals surface area contributed by atoms with Crippen LogP contribution in [-0.4, -0.2) is 49.6 Å². The second kappa shape index (κ2) is 10.8. The molecule has 0 radical (unpaired) electrons. The summed E-state index contributed by atoms with van der Waals surface area (Å²) in [7, 11) is 1.25. The number of hydrogen-bond acceptors (Lipinski definition) is 6. The van der Waals surface area contributed by atoms with Crippen molar-refractivity contribution in [2.75, 3.05) is 13.7 Å². The van der Waals surface area contributed by atoms with Crippen LogP contribution in [0.4, 0.5) is 0 Å². The van der Waals surface area contributed by atoms with Gasteiger partial charge in [-0.3, -0.25) is 9.59 Å². The quantitative estimate of drug-likeness (QED) is 0.584. The van der Waals surface area contributed by atoms with Gasteiger partial charge in [-0.15, -0.1) is 0 Å². The molecule has 2 N–H and O–H groups in total. The Morgan fingerprint density at radius 2 is 1.65 bits per heavy atom. The van der Waals surface area contributed by atoms with Crippen molar-refractivity contribution in [2.24, 2.45) is 11.8 Å². The lowest BCUT2D eigenvalue weighted by atomic mass is 9.98. The van der Waals surface area contributed by atoms with E-state index in [1.165, 1.54) is 14.0 Å². The lowest BCUT2D eigenvalue weighted by molar-refractivity contribution is -0.154. The van der Waals surface area contributed by atoms with Crippen molar-refractivity contribution in [3.05, 3.63) is 0 Å². The third-order valence-electron chi connectivity index (χ3n) is 4.36. The number of nitrogens with one attached hydrogen (secondary N) is 2. The van der Waals surface area contributed by atoms with E-state index in [1.54, 1.807) is 0 Å². The third-order valence-corrected chi connectivity index (χ3v) is 4.36. The van der Waals surface area contributed by atoms with Crippen molar-refractivity contribution >= 4 is 23.8 Å². The normalized spacial score (nSPS) is 16.7. The van der Waals surface area contributed by atoms with Crippen LogP contribution in [-0.2, 0) is 28.7 Å². The molecule has 2 atom stereocenters. The van der Waals surface area contributed by atoms with Crippen molar-refractivity contribution in [1.82, 2.24) is 10.6 Å². The molecule has 8 nitrogen and oxygen atoms in total. The Morgan fingerprint density at radius 3 is 2.15 bits per heavy atom. The summed E-state index contributed by atoms with van der Waals surface area (Å²) in [6.45, 7) is 4.67. The van der Waals surface area contributed by atoms with Gasteiger partial charge in [0.25, 0.3) is 5.91 Å². The van der Waals surface area contributed by atoms with Gasteiger partial charge in [0.05, 0.1) is 7.11 Å². The fourth-order valence-electron chi connectivity index (χ4n) is 3.17. The molecule has 0 bridgehead atoms. The van der Waals surface area contributed by atoms with Crippen LogP contribution in [0, 0.1) is 11.8 Å². The molecular weight excluding hydrogens is 340 g/mol. The van der Waals surface area contributed by atoms with Crippen molar-refractivity contribution in [2.45, 2.75) is 65.0 Å². The van der Waals surface area contributed by atoms with Crippen LogP contribution < -0.4 is 10.6 Å². The summed E-state index contributed by atoms with van der Waals surface area (Å²) in [4.78, 5) is 47.5. The van der Waals surface area contributed by atoms with Crippen LogP contribution in [0.25, 0.3) is 0 Å². The summed E-state index contributed by atoms with van der Waals surface area (Å²) >= 11 is 0. The van der Waals surface area contributed by atoms with Crippen LogP contribution in [0.3, 0.4) is 0 Å². The lowest BCUT2D eigenvalue weighted by Gasteiger charge is -2.23. The molecule has 1 fully saturated rings. The topological polar surface area (TPSA) is 111 Å². The SMILES string of the molecule is COC(=O)C(CC(C)C)NC(=O)COC(=O)C(NC(C)=O)C1CCCC1. The first-order chi connectivity index (χ1) is 12.2.